The molecule has 0 radical (unpaired) electrons. The molecule has 1 unspecified atom stereocenters. The summed E-state index contributed by atoms with van der Waals surface area (Å²) in [4.78, 5) is 12.4. The van der Waals surface area contributed by atoms with E-state index in [1.165, 1.54) is 6.07 Å². The molecular weight excluding hydrogens is 643 g/mol. The number of hydrogen-bond acceptors (Lipinski definition) is 9. The number of thiophene rings is 1. The lowest BCUT2D eigenvalue weighted by Gasteiger charge is -2.24. The third-order valence-electron chi connectivity index (χ3n) is 4.91. The van der Waals surface area contributed by atoms with Crippen molar-refractivity contribution in [1.29, 1.82) is 5.26 Å². The van der Waals surface area contributed by atoms with Crippen LogP contribution in [0.1, 0.15) is 11.1 Å². The summed E-state index contributed by atoms with van der Waals surface area (Å²) in [5.41, 5.74) is 5.19. The molecule has 0 bridgehead atoms. The van der Waals surface area contributed by atoms with Crippen LogP contribution in [-0.2, 0) is 20.8 Å². The zero-order valence-electron chi connectivity index (χ0n) is 20.2. The summed E-state index contributed by atoms with van der Waals surface area (Å²) in [5.74, 6) is -0.605. The number of hydrogen-bond donors (Lipinski definition) is 3. The molecule has 0 aliphatic rings. The first kappa shape index (κ1) is 32.2. The molecule has 11 nitrogen and oxygen atoms in total. The van der Waals surface area contributed by atoms with Crippen molar-refractivity contribution < 1.29 is 56.5 Å². The van der Waals surface area contributed by atoms with Gasteiger partial charge in [-0.05, 0) is 24.3 Å². The van der Waals surface area contributed by atoms with Gasteiger partial charge in [-0.2, -0.15) is 18.4 Å². The molecule has 1 heterocycles. The van der Waals surface area contributed by atoms with Crippen molar-refractivity contribution in [2.75, 3.05) is 32.6 Å². The van der Waals surface area contributed by atoms with Crippen molar-refractivity contribution in [3.63, 3.8) is 0 Å². The third-order valence-corrected chi connectivity index (χ3v) is 10.0. The van der Waals surface area contributed by atoms with Crippen LogP contribution in [0, 0.1) is 11.3 Å². The van der Waals surface area contributed by atoms with Crippen LogP contribution in [-0.4, -0.2) is 41.0 Å². The van der Waals surface area contributed by atoms with Crippen LogP contribution < -0.4 is 35.1 Å². The van der Waals surface area contributed by atoms with E-state index in [1.807, 2.05) is 4.72 Å². The second-order valence-corrected chi connectivity index (χ2v) is 13.3. The number of sulfonamides is 1. The Morgan fingerprint density at radius 3 is 2.25 bits per heavy atom. The fourth-order valence-corrected chi connectivity index (χ4v) is 7.83. The van der Waals surface area contributed by atoms with Crippen molar-refractivity contribution in [2.45, 2.75) is 10.4 Å². The molecule has 0 saturated heterocycles. The van der Waals surface area contributed by atoms with Gasteiger partial charge in [0.05, 0.1) is 33.2 Å². The smallest absolute Gasteiger partial charge is 0.417 e. The number of benzene rings is 2. The van der Waals surface area contributed by atoms with Gasteiger partial charge in [-0.15, -0.1) is 11.3 Å². The van der Waals surface area contributed by atoms with Crippen molar-refractivity contribution in [3.8, 4) is 23.3 Å². The van der Waals surface area contributed by atoms with Crippen molar-refractivity contribution in [3.05, 3.63) is 45.4 Å². The van der Waals surface area contributed by atoms with E-state index in [0.29, 0.717) is 30.5 Å². The van der Waals surface area contributed by atoms with Crippen LogP contribution >= 0.6 is 42.1 Å². The predicted molar refractivity (Wildman–Crippen MR) is 138 cm³/mol. The summed E-state index contributed by atoms with van der Waals surface area (Å²) in [6.45, 7) is 1.07. The summed E-state index contributed by atoms with van der Waals surface area (Å²) >= 11 is 13.6. The molecule has 0 spiro atoms. The van der Waals surface area contributed by atoms with Crippen LogP contribution in [0.15, 0.2) is 28.5 Å². The zero-order chi connectivity index (χ0) is 29.9. The number of nitrogens with zero attached hydrogens (tertiary/aromatic N) is 1. The summed E-state index contributed by atoms with van der Waals surface area (Å²) in [6.07, 6.45) is -6.26. The van der Waals surface area contributed by atoms with E-state index in [0.717, 1.165) is 18.2 Å². The quantitative estimate of drug-likeness (QED) is 0.245. The summed E-state index contributed by atoms with van der Waals surface area (Å²) < 4.78 is 95.4. The molecule has 7 N–H and O–H groups in total. The van der Waals surface area contributed by atoms with Crippen molar-refractivity contribution >= 4 is 62.2 Å². The number of rotatable bonds is 12. The molecule has 1 atom stereocenters. The van der Waals surface area contributed by atoms with Gasteiger partial charge in [-0.3, -0.25) is 4.57 Å². The highest BCUT2D eigenvalue weighted by molar-refractivity contribution is 7.92. The van der Waals surface area contributed by atoms with Gasteiger partial charge in [0.1, 0.15) is 41.3 Å². The van der Waals surface area contributed by atoms with E-state index in [4.69, 9.17) is 37.9 Å². The van der Waals surface area contributed by atoms with E-state index in [2.05, 4.69) is 16.0 Å². The standard InChI is InChI=1S/C21H20Cl2F3N4O7PS2/c22-16-13-8-15(39-20(13)17(23)19(36-6-4-28)18(16)35-5-3-27)40(33,34)30-10-38(31,32)37-12-2-1-11(9-29)14(7-12)21(24,25)26/h1-2,7-8,30H,3-6,10,27-28H2,(H,31,32)/p+1. The van der Waals surface area contributed by atoms with Crippen LogP contribution in [0.2, 0.25) is 10.0 Å². The number of fused-ring (bicyclic) bond motifs is 1. The number of nitriles is 1. The minimum Gasteiger partial charge on any atom is -0.768 e. The second-order valence-electron chi connectivity index (χ2n) is 7.82. The molecule has 3 rings (SSSR count). The minimum absolute atomic E-state index is 0.00345. The highest BCUT2D eigenvalue weighted by Gasteiger charge is 2.34. The molecule has 40 heavy (non-hydrogen) atoms. The van der Waals surface area contributed by atoms with Crippen molar-refractivity contribution in [1.82, 2.24) is 4.72 Å². The molecular formula is C21H21Cl2F3N4O7PS2+. The van der Waals surface area contributed by atoms with Gasteiger partial charge < -0.3 is 30.4 Å². The fraction of sp³-hybridized carbons (Fsp3) is 0.286. The Labute approximate surface area is 239 Å². The second kappa shape index (κ2) is 12.7. The number of alkyl halides is 3. The maximum absolute atomic E-state index is 13.2. The van der Waals surface area contributed by atoms with Gasteiger partial charge in [-0.1, -0.05) is 23.2 Å². The molecule has 3 aromatic rings. The molecule has 1 aromatic heterocycles. The number of quaternary nitrogens is 2. The molecule has 0 amide bonds. The van der Waals surface area contributed by atoms with Gasteiger partial charge in [0.15, 0.2) is 19.1 Å². The molecule has 218 valence electrons. The molecule has 2 aromatic carbocycles. The topological polar surface area (TPSA) is 193 Å². The normalized spacial score (nSPS) is 13.6. The van der Waals surface area contributed by atoms with E-state index < -0.39 is 47.0 Å². The summed E-state index contributed by atoms with van der Waals surface area (Å²) in [7, 11) is -9.62. The lowest BCUT2D eigenvalue weighted by atomic mass is 10.1. The first-order valence-corrected chi connectivity index (χ1v) is 15.8. The van der Waals surface area contributed by atoms with E-state index >= 15 is 0 Å². The summed E-state index contributed by atoms with van der Waals surface area (Å²) in [6, 6.07) is 4.41. The van der Waals surface area contributed by atoms with E-state index in [1.54, 1.807) is 0 Å². The Bertz CT molecular complexity index is 1560. The van der Waals surface area contributed by atoms with Crippen molar-refractivity contribution in [2.24, 2.45) is 0 Å². The maximum atomic E-state index is 13.2. The maximum Gasteiger partial charge on any atom is 0.417 e. The Morgan fingerprint density at radius 1 is 1.10 bits per heavy atom. The number of halogens is 5. The Balaban J connectivity index is 1.89. The van der Waals surface area contributed by atoms with E-state index in [9.17, 15) is 31.0 Å². The van der Waals surface area contributed by atoms with Crippen LogP contribution in [0.25, 0.3) is 10.1 Å². The lowest BCUT2D eigenvalue weighted by Crippen LogP contribution is -2.53. The Morgan fingerprint density at radius 2 is 1.70 bits per heavy atom. The molecule has 0 fully saturated rings. The minimum atomic E-state index is -5.11. The fourth-order valence-electron chi connectivity index (χ4n) is 3.20. The van der Waals surface area contributed by atoms with Gasteiger partial charge in [0.25, 0.3) is 10.0 Å². The largest absolute Gasteiger partial charge is 0.768 e. The summed E-state index contributed by atoms with van der Waals surface area (Å²) in [5, 5.41) is 9.07. The SMILES string of the molecule is N#Cc1ccc(OP(=O)([O-])CNS(=O)(=O)c2cc3c(Cl)c(OCC[NH3+])c(OCC[NH3+])c(Cl)c3s2)cc1C(F)(F)F. The Kier molecular flexibility index (Phi) is 10.2. The first-order chi connectivity index (χ1) is 18.6. The van der Waals surface area contributed by atoms with Gasteiger partial charge in [0, 0.05) is 5.39 Å². The Hall–Kier alpha value is -2.32. The lowest BCUT2D eigenvalue weighted by molar-refractivity contribution is -0.372. The van der Waals surface area contributed by atoms with Crippen LogP contribution in [0.3, 0.4) is 0 Å². The van der Waals surface area contributed by atoms with Crippen LogP contribution in [0.5, 0.6) is 17.2 Å². The van der Waals surface area contributed by atoms with Gasteiger partial charge in [-0.25, -0.2) is 13.1 Å². The predicted octanol–water partition coefficient (Wildman–Crippen LogP) is 2.21. The van der Waals surface area contributed by atoms with Crippen LogP contribution in [0.4, 0.5) is 13.2 Å². The first-order valence-electron chi connectivity index (χ1n) is 11.0. The van der Waals surface area contributed by atoms with Gasteiger partial charge in [0.2, 0.25) is 0 Å². The van der Waals surface area contributed by atoms with Gasteiger partial charge >= 0.3 is 6.18 Å². The molecule has 0 aliphatic heterocycles. The number of ether oxygens (including phenoxy) is 2. The molecule has 0 saturated carbocycles. The average molecular weight is 664 g/mol. The zero-order valence-corrected chi connectivity index (χ0v) is 24.3. The highest BCUT2D eigenvalue weighted by Crippen LogP contribution is 2.51. The average Bonchev–Trinajstić information content (AvgIpc) is 3.35. The monoisotopic (exact) mass is 663 g/mol. The highest BCUT2D eigenvalue weighted by atomic mass is 35.5. The molecule has 0 aliphatic carbocycles. The molecule has 19 heteroatoms. The third kappa shape index (κ3) is 7.30. The number of nitrogens with one attached hydrogen (secondary N) is 1. The van der Waals surface area contributed by atoms with E-state index in [-0.39, 0.29) is 49.1 Å².